The minimum absolute atomic E-state index is 0.0751. The van der Waals surface area contributed by atoms with Crippen LogP contribution in [0.2, 0.25) is 0 Å². The highest BCUT2D eigenvalue weighted by Crippen LogP contribution is 2.30. The van der Waals surface area contributed by atoms with Gasteiger partial charge in [-0.05, 0) is 42.0 Å². The lowest BCUT2D eigenvalue weighted by molar-refractivity contribution is 0.0303. The van der Waals surface area contributed by atoms with Crippen LogP contribution in [0.3, 0.4) is 0 Å². The molecule has 0 spiro atoms. The summed E-state index contributed by atoms with van der Waals surface area (Å²) >= 11 is 0. The predicted octanol–water partition coefficient (Wildman–Crippen LogP) is 3.00. The highest BCUT2D eigenvalue weighted by Gasteiger charge is 2.21. The third kappa shape index (κ3) is 3.23. The molecule has 2 aromatic heterocycles. The number of nitrogens with one attached hydrogen (secondary N) is 2. The van der Waals surface area contributed by atoms with Gasteiger partial charge >= 0.3 is 0 Å². The quantitative estimate of drug-likeness (QED) is 0.770. The van der Waals surface area contributed by atoms with E-state index in [9.17, 15) is 4.79 Å². The van der Waals surface area contributed by atoms with Gasteiger partial charge in [-0.15, -0.1) is 0 Å². The third-order valence-electron chi connectivity index (χ3n) is 4.66. The van der Waals surface area contributed by atoms with Gasteiger partial charge in [0.05, 0.1) is 19.1 Å². The number of ether oxygens (including phenoxy) is 1. The van der Waals surface area contributed by atoms with Gasteiger partial charge in [0.25, 0.3) is 5.91 Å². The number of hydrogen-bond donors (Lipinski definition) is 2. The molecule has 1 aliphatic heterocycles. The standard InChI is InChI=1S/C20H21N3O2/c24-20(23-11-13-25-14-12-23)16-7-5-15(6-8-16)19(17-3-1-9-21-17)18-4-2-10-22-18/h1-10,19,21-22H,11-14H2. The Labute approximate surface area is 146 Å². The van der Waals surface area contributed by atoms with Crippen LogP contribution < -0.4 is 0 Å². The second-order valence-electron chi connectivity index (χ2n) is 6.21. The minimum atomic E-state index is 0.0751. The molecule has 0 atom stereocenters. The molecule has 1 aromatic carbocycles. The van der Waals surface area contributed by atoms with E-state index in [-0.39, 0.29) is 11.8 Å². The number of amides is 1. The third-order valence-corrected chi connectivity index (χ3v) is 4.66. The first-order valence-electron chi connectivity index (χ1n) is 8.56. The lowest BCUT2D eigenvalue weighted by atomic mass is 9.92. The molecule has 5 nitrogen and oxygen atoms in total. The molecule has 128 valence electrons. The SMILES string of the molecule is O=C(c1ccc(C(c2ccc[nH]2)c2ccc[nH]2)cc1)N1CCOCC1. The Morgan fingerprint density at radius 2 is 1.52 bits per heavy atom. The van der Waals surface area contributed by atoms with E-state index in [1.165, 1.54) is 0 Å². The molecule has 1 saturated heterocycles. The van der Waals surface area contributed by atoms with E-state index in [1.807, 2.05) is 53.7 Å². The number of H-pyrrole nitrogens is 2. The van der Waals surface area contributed by atoms with Crippen molar-refractivity contribution >= 4 is 5.91 Å². The van der Waals surface area contributed by atoms with Gasteiger partial charge in [0.15, 0.2) is 0 Å². The zero-order valence-electron chi connectivity index (χ0n) is 13.9. The van der Waals surface area contributed by atoms with Gasteiger partial charge in [0.1, 0.15) is 0 Å². The second-order valence-corrected chi connectivity index (χ2v) is 6.21. The van der Waals surface area contributed by atoms with E-state index in [2.05, 4.69) is 22.1 Å². The number of rotatable bonds is 4. The van der Waals surface area contributed by atoms with Gasteiger partial charge in [0, 0.05) is 42.4 Å². The lowest BCUT2D eigenvalue weighted by Crippen LogP contribution is -2.40. The van der Waals surface area contributed by atoms with Crippen LogP contribution in [-0.2, 0) is 4.74 Å². The molecule has 3 heterocycles. The maximum atomic E-state index is 12.6. The molecule has 3 aromatic rings. The number of hydrogen-bond acceptors (Lipinski definition) is 2. The molecule has 1 amide bonds. The molecule has 1 aliphatic rings. The van der Waals surface area contributed by atoms with Gasteiger partial charge in [-0.3, -0.25) is 4.79 Å². The maximum absolute atomic E-state index is 12.6. The Bertz CT molecular complexity index is 767. The van der Waals surface area contributed by atoms with Crippen LogP contribution >= 0.6 is 0 Å². The minimum Gasteiger partial charge on any atom is -0.378 e. The van der Waals surface area contributed by atoms with E-state index in [0.717, 1.165) is 22.5 Å². The Hall–Kier alpha value is -2.79. The van der Waals surface area contributed by atoms with Crippen LogP contribution in [0.15, 0.2) is 60.9 Å². The fraction of sp³-hybridized carbons (Fsp3) is 0.250. The van der Waals surface area contributed by atoms with Crippen molar-refractivity contribution in [3.8, 4) is 0 Å². The number of carbonyl (C=O) groups excluding carboxylic acids is 1. The van der Waals surface area contributed by atoms with Gasteiger partial charge in [-0.25, -0.2) is 0 Å². The summed E-state index contributed by atoms with van der Waals surface area (Å²) in [5.74, 6) is 0.170. The first-order valence-corrected chi connectivity index (χ1v) is 8.56. The van der Waals surface area contributed by atoms with E-state index < -0.39 is 0 Å². The average Bonchev–Trinajstić information content (AvgIpc) is 3.38. The number of aromatic nitrogens is 2. The fourth-order valence-corrected chi connectivity index (χ4v) is 3.34. The van der Waals surface area contributed by atoms with Crippen molar-refractivity contribution < 1.29 is 9.53 Å². The van der Waals surface area contributed by atoms with Gasteiger partial charge < -0.3 is 19.6 Å². The molecule has 0 bridgehead atoms. The largest absolute Gasteiger partial charge is 0.378 e. The number of nitrogens with zero attached hydrogens (tertiary/aromatic N) is 1. The number of aromatic amines is 2. The summed E-state index contributed by atoms with van der Waals surface area (Å²) in [6.45, 7) is 2.55. The van der Waals surface area contributed by atoms with Crippen LogP contribution in [0, 0.1) is 0 Å². The van der Waals surface area contributed by atoms with Crippen molar-refractivity contribution in [1.29, 1.82) is 0 Å². The summed E-state index contributed by atoms with van der Waals surface area (Å²) in [6.07, 6.45) is 3.86. The van der Waals surface area contributed by atoms with Gasteiger partial charge in [0.2, 0.25) is 0 Å². The molecule has 0 unspecified atom stereocenters. The molecular weight excluding hydrogens is 314 g/mol. The van der Waals surface area contributed by atoms with Crippen molar-refractivity contribution in [2.24, 2.45) is 0 Å². The fourth-order valence-electron chi connectivity index (χ4n) is 3.34. The van der Waals surface area contributed by atoms with Gasteiger partial charge in [-0.2, -0.15) is 0 Å². The van der Waals surface area contributed by atoms with Crippen molar-refractivity contribution in [2.75, 3.05) is 26.3 Å². The normalized spacial score (nSPS) is 14.8. The molecule has 5 heteroatoms. The molecular formula is C20H21N3O2. The Balaban J connectivity index is 1.60. The highest BCUT2D eigenvalue weighted by molar-refractivity contribution is 5.94. The number of morpholine rings is 1. The summed E-state index contributed by atoms with van der Waals surface area (Å²) in [5, 5.41) is 0. The van der Waals surface area contributed by atoms with Crippen LogP contribution in [0.25, 0.3) is 0 Å². The zero-order valence-corrected chi connectivity index (χ0v) is 13.9. The zero-order chi connectivity index (χ0) is 17.1. The lowest BCUT2D eigenvalue weighted by Gasteiger charge is -2.27. The molecule has 4 rings (SSSR count). The van der Waals surface area contributed by atoms with E-state index in [1.54, 1.807) is 0 Å². The van der Waals surface area contributed by atoms with Crippen LogP contribution in [-0.4, -0.2) is 47.1 Å². The average molecular weight is 335 g/mol. The first kappa shape index (κ1) is 15.7. The van der Waals surface area contributed by atoms with Crippen LogP contribution in [0.1, 0.15) is 33.2 Å². The van der Waals surface area contributed by atoms with Crippen LogP contribution in [0.4, 0.5) is 0 Å². The van der Waals surface area contributed by atoms with Crippen molar-refractivity contribution in [2.45, 2.75) is 5.92 Å². The maximum Gasteiger partial charge on any atom is 0.254 e. The summed E-state index contributed by atoms with van der Waals surface area (Å²) in [4.78, 5) is 21.1. The molecule has 1 fully saturated rings. The summed E-state index contributed by atoms with van der Waals surface area (Å²) < 4.78 is 5.32. The summed E-state index contributed by atoms with van der Waals surface area (Å²) in [6, 6.07) is 16.1. The molecule has 2 N–H and O–H groups in total. The summed E-state index contributed by atoms with van der Waals surface area (Å²) in [5.41, 5.74) is 4.11. The van der Waals surface area contributed by atoms with Crippen molar-refractivity contribution in [3.05, 3.63) is 83.4 Å². The van der Waals surface area contributed by atoms with Gasteiger partial charge in [-0.1, -0.05) is 12.1 Å². The van der Waals surface area contributed by atoms with E-state index >= 15 is 0 Å². The topological polar surface area (TPSA) is 61.1 Å². The Morgan fingerprint density at radius 3 is 2.04 bits per heavy atom. The van der Waals surface area contributed by atoms with Crippen molar-refractivity contribution in [3.63, 3.8) is 0 Å². The number of benzene rings is 1. The highest BCUT2D eigenvalue weighted by atomic mass is 16.5. The van der Waals surface area contributed by atoms with E-state index in [0.29, 0.717) is 26.3 Å². The summed E-state index contributed by atoms with van der Waals surface area (Å²) in [7, 11) is 0. The molecule has 0 radical (unpaired) electrons. The predicted molar refractivity (Wildman–Crippen MR) is 95.7 cm³/mol. The first-order chi connectivity index (χ1) is 12.3. The Morgan fingerprint density at radius 1 is 0.920 bits per heavy atom. The molecule has 0 aliphatic carbocycles. The number of carbonyl (C=O) groups is 1. The van der Waals surface area contributed by atoms with Crippen molar-refractivity contribution in [1.82, 2.24) is 14.9 Å². The Kier molecular flexibility index (Phi) is 4.39. The van der Waals surface area contributed by atoms with Crippen LogP contribution in [0.5, 0.6) is 0 Å². The molecule has 0 saturated carbocycles. The van der Waals surface area contributed by atoms with E-state index in [4.69, 9.17) is 4.74 Å². The second kappa shape index (κ2) is 6.99. The smallest absolute Gasteiger partial charge is 0.254 e. The molecule has 25 heavy (non-hydrogen) atoms. The monoisotopic (exact) mass is 335 g/mol.